The van der Waals surface area contributed by atoms with Gasteiger partial charge in [0.2, 0.25) is 11.8 Å². The quantitative estimate of drug-likeness (QED) is 0.657. The zero-order chi connectivity index (χ0) is 24.0. The first kappa shape index (κ1) is 24.5. The van der Waals surface area contributed by atoms with Gasteiger partial charge in [-0.1, -0.05) is 23.7 Å². The SMILES string of the molecule is O=C(CN1CCN(C(=O)CNC(=O)c2cc(Cl)ccn2)CC1)Nc1ccccc1C(F)(F)F. The third-order valence-corrected chi connectivity index (χ3v) is 5.19. The molecule has 0 spiro atoms. The number of nitrogens with one attached hydrogen (secondary N) is 2. The van der Waals surface area contributed by atoms with Gasteiger partial charge in [-0.15, -0.1) is 0 Å². The summed E-state index contributed by atoms with van der Waals surface area (Å²) in [6.45, 7) is 1.04. The molecule has 0 aliphatic carbocycles. The number of para-hydroxylation sites is 1. The number of carbonyl (C=O) groups excluding carboxylic acids is 3. The molecule has 8 nitrogen and oxygen atoms in total. The maximum absolute atomic E-state index is 13.1. The summed E-state index contributed by atoms with van der Waals surface area (Å²) >= 11 is 5.82. The van der Waals surface area contributed by atoms with Crippen molar-refractivity contribution >= 4 is 35.0 Å². The average molecular weight is 484 g/mol. The number of hydrogen-bond acceptors (Lipinski definition) is 5. The average Bonchev–Trinajstić information content (AvgIpc) is 2.77. The summed E-state index contributed by atoms with van der Waals surface area (Å²) in [6, 6.07) is 7.68. The van der Waals surface area contributed by atoms with Gasteiger partial charge in [0.25, 0.3) is 5.91 Å². The van der Waals surface area contributed by atoms with E-state index in [0.29, 0.717) is 31.2 Å². The van der Waals surface area contributed by atoms with E-state index in [1.54, 1.807) is 9.80 Å². The highest BCUT2D eigenvalue weighted by atomic mass is 35.5. The van der Waals surface area contributed by atoms with E-state index >= 15 is 0 Å². The molecule has 2 aromatic rings. The second-order valence-electron chi connectivity index (χ2n) is 7.29. The lowest BCUT2D eigenvalue weighted by Gasteiger charge is -2.34. The van der Waals surface area contributed by atoms with E-state index in [1.807, 2.05) is 0 Å². The maximum atomic E-state index is 13.1. The molecule has 1 aliphatic rings. The summed E-state index contributed by atoms with van der Waals surface area (Å²) in [6.07, 6.45) is -3.19. The molecule has 3 amide bonds. The maximum Gasteiger partial charge on any atom is 0.418 e. The van der Waals surface area contributed by atoms with Crippen LogP contribution in [0.2, 0.25) is 5.02 Å². The summed E-state index contributed by atoms with van der Waals surface area (Å²) in [5, 5.41) is 5.15. The molecule has 1 aliphatic heterocycles. The van der Waals surface area contributed by atoms with E-state index in [2.05, 4.69) is 15.6 Å². The van der Waals surface area contributed by atoms with Crippen LogP contribution in [-0.2, 0) is 15.8 Å². The Balaban J connectivity index is 1.44. The smallest absolute Gasteiger partial charge is 0.342 e. The van der Waals surface area contributed by atoms with Gasteiger partial charge in [0.1, 0.15) is 5.69 Å². The highest BCUT2D eigenvalue weighted by Gasteiger charge is 2.33. The number of aromatic nitrogens is 1. The molecule has 1 fully saturated rings. The van der Waals surface area contributed by atoms with Crippen LogP contribution in [0, 0.1) is 0 Å². The van der Waals surface area contributed by atoms with Crippen LogP contribution in [0.5, 0.6) is 0 Å². The predicted octanol–water partition coefficient (Wildman–Crippen LogP) is 2.27. The fourth-order valence-corrected chi connectivity index (χ4v) is 3.43. The molecule has 0 atom stereocenters. The Bertz CT molecular complexity index is 1030. The first-order chi connectivity index (χ1) is 15.6. The van der Waals surface area contributed by atoms with Crippen molar-refractivity contribution in [3.8, 4) is 0 Å². The Morgan fingerprint density at radius 2 is 1.76 bits per heavy atom. The number of amides is 3. The lowest BCUT2D eigenvalue weighted by Crippen LogP contribution is -2.52. The summed E-state index contributed by atoms with van der Waals surface area (Å²) in [5.74, 6) is -1.40. The number of alkyl halides is 3. The number of pyridine rings is 1. The topological polar surface area (TPSA) is 94.6 Å². The zero-order valence-corrected chi connectivity index (χ0v) is 18.1. The molecule has 2 N–H and O–H groups in total. The Hall–Kier alpha value is -3.18. The summed E-state index contributed by atoms with van der Waals surface area (Å²) in [4.78, 5) is 43.8. The van der Waals surface area contributed by atoms with Gasteiger partial charge < -0.3 is 15.5 Å². The number of carbonyl (C=O) groups is 3. The number of benzene rings is 1. The normalized spacial score (nSPS) is 14.6. The Morgan fingerprint density at radius 1 is 1.06 bits per heavy atom. The van der Waals surface area contributed by atoms with Crippen LogP contribution in [0.4, 0.5) is 18.9 Å². The molecule has 1 aromatic heterocycles. The Labute approximate surface area is 192 Å². The highest BCUT2D eigenvalue weighted by molar-refractivity contribution is 6.30. The van der Waals surface area contributed by atoms with Crippen molar-refractivity contribution < 1.29 is 27.6 Å². The summed E-state index contributed by atoms with van der Waals surface area (Å²) in [5.41, 5.74) is -1.12. The van der Waals surface area contributed by atoms with Crippen molar-refractivity contribution in [1.29, 1.82) is 0 Å². The predicted molar refractivity (Wildman–Crippen MR) is 115 cm³/mol. The molecule has 0 saturated carbocycles. The molecule has 3 rings (SSSR count). The lowest BCUT2D eigenvalue weighted by molar-refractivity contribution is -0.137. The first-order valence-electron chi connectivity index (χ1n) is 9.99. The Kier molecular flexibility index (Phi) is 7.88. The second-order valence-corrected chi connectivity index (χ2v) is 7.73. The molecular formula is C21H21ClF3N5O3. The minimum Gasteiger partial charge on any atom is -0.342 e. The molecule has 0 bridgehead atoms. The standard InChI is InChI=1S/C21H21ClF3N5O3/c22-14-5-6-26-17(11-14)20(33)27-12-19(32)30-9-7-29(8-10-30)13-18(31)28-16-4-2-1-3-15(16)21(23,24)25/h1-6,11H,7-10,12-13H2,(H,27,33)(H,28,31). The number of hydrogen-bond donors (Lipinski definition) is 2. The minimum absolute atomic E-state index is 0.0956. The first-order valence-corrected chi connectivity index (χ1v) is 10.4. The fraction of sp³-hybridized carbons (Fsp3) is 0.333. The van der Waals surface area contributed by atoms with Gasteiger partial charge in [-0.05, 0) is 24.3 Å². The van der Waals surface area contributed by atoms with Crippen molar-refractivity contribution in [3.63, 3.8) is 0 Å². The van der Waals surface area contributed by atoms with Crippen LogP contribution in [0.15, 0.2) is 42.6 Å². The van der Waals surface area contributed by atoms with E-state index in [-0.39, 0.29) is 30.4 Å². The van der Waals surface area contributed by atoms with Gasteiger partial charge in [0.15, 0.2) is 0 Å². The van der Waals surface area contributed by atoms with Crippen molar-refractivity contribution in [2.75, 3.05) is 44.6 Å². The third-order valence-electron chi connectivity index (χ3n) is 4.95. The zero-order valence-electron chi connectivity index (χ0n) is 17.4. The molecule has 2 heterocycles. The van der Waals surface area contributed by atoms with Crippen LogP contribution in [0.3, 0.4) is 0 Å². The number of anilines is 1. The fourth-order valence-electron chi connectivity index (χ4n) is 3.27. The van der Waals surface area contributed by atoms with E-state index in [4.69, 9.17) is 11.6 Å². The lowest BCUT2D eigenvalue weighted by atomic mass is 10.1. The Morgan fingerprint density at radius 3 is 2.42 bits per heavy atom. The largest absolute Gasteiger partial charge is 0.418 e. The number of piperazine rings is 1. The molecule has 33 heavy (non-hydrogen) atoms. The van der Waals surface area contributed by atoms with Crippen molar-refractivity contribution in [3.05, 3.63) is 58.9 Å². The molecular weight excluding hydrogens is 463 g/mol. The minimum atomic E-state index is -4.58. The third kappa shape index (κ3) is 6.90. The number of halogens is 4. The van der Waals surface area contributed by atoms with Gasteiger partial charge in [0, 0.05) is 37.4 Å². The molecule has 0 unspecified atom stereocenters. The number of nitrogens with zero attached hydrogens (tertiary/aromatic N) is 3. The van der Waals surface area contributed by atoms with Gasteiger partial charge in [-0.2, -0.15) is 13.2 Å². The molecule has 0 radical (unpaired) electrons. The number of rotatable bonds is 6. The van der Waals surface area contributed by atoms with E-state index in [1.165, 1.54) is 36.5 Å². The van der Waals surface area contributed by atoms with Crippen LogP contribution in [0.1, 0.15) is 16.1 Å². The highest BCUT2D eigenvalue weighted by Crippen LogP contribution is 2.34. The van der Waals surface area contributed by atoms with Gasteiger partial charge in [-0.3, -0.25) is 24.3 Å². The molecule has 1 saturated heterocycles. The van der Waals surface area contributed by atoms with Gasteiger partial charge >= 0.3 is 6.18 Å². The van der Waals surface area contributed by atoms with Gasteiger partial charge in [0.05, 0.1) is 24.3 Å². The van der Waals surface area contributed by atoms with Crippen molar-refractivity contribution in [2.24, 2.45) is 0 Å². The summed E-state index contributed by atoms with van der Waals surface area (Å²) < 4.78 is 39.2. The molecule has 12 heteroatoms. The van der Waals surface area contributed by atoms with Crippen molar-refractivity contribution in [1.82, 2.24) is 20.1 Å². The van der Waals surface area contributed by atoms with E-state index in [0.717, 1.165) is 6.07 Å². The monoisotopic (exact) mass is 483 g/mol. The van der Waals surface area contributed by atoms with Crippen LogP contribution in [0.25, 0.3) is 0 Å². The van der Waals surface area contributed by atoms with Crippen LogP contribution < -0.4 is 10.6 Å². The van der Waals surface area contributed by atoms with Crippen LogP contribution >= 0.6 is 11.6 Å². The molecule has 1 aromatic carbocycles. The molecule has 176 valence electrons. The van der Waals surface area contributed by atoms with Crippen molar-refractivity contribution in [2.45, 2.75) is 6.18 Å². The van der Waals surface area contributed by atoms with E-state index in [9.17, 15) is 27.6 Å². The van der Waals surface area contributed by atoms with Crippen LogP contribution in [-0.4, -0.2) is 71.8 Å². The van der Waals surface area contributed by atoms with Gasteiger partial charge in [-0.25, -0.2) is 0 Å². The van der Waals surface area contributed by atoms with E-state index < -0.39 is 23.6 Å². The second kappa shape index (κ2) is 10.6. The summed E-state index contributed by atoms with van der Waals surface area (Å²) in [7, 11) is 0.